The van der Waals surface area contributed by atoms with Crippen LogP contribution in [-0.4, -0.2) is 40.1 Å². The van der Waals surface area contributed by atoms with E-state index in [4.69, 9.17) is 16.3 Å². The van der Waals surface area contributed by atoms with Crippen molar-refractivity contribution in [2.75, 3.05) is 11.9 Å². The number of hydrogen-bond acceptors (Lipinski definition) is 5. The largest absolute Gasteiger partial charge is 0.444 e. The van der Waals surface area contributed by atoms with Crippen LogP contribution < -0.4 is 10.6 Å². The number of amides is 2. The minimum absolute atomic E-state index is 0.0851. The van der Waals surface area contributed by atoms with E-state index >= 15 is 0 Å². The molecule has 3 N–H and O–H groups in total. The molecule has 1 saturated carbocycles. The standard InChI is InChI=1S/C30H36BrClN4O4/c1-30(2,3)40-29(39)33-17-18-7-9-20(10-8-18)26(37)15-21(13-19-5-4-6-22(31)14-19)28(38)34-23-11-12-24-25(16-23)35-36-27(24)32/h4-6,11-12,14,16,18,20-21H,7-10,13,15,17H2,1-3H3,(H,33,39)(H,34,38)(H,35,36)/t18?,20?,21-/m1/s1. The first-order valence-electron chi connectivity index (χ1n) is 13.7. The third-order valence-corrected chi connectivity index (χ3v) is 7.98. The van der Waals surface area contributed by atoms with Crippen LogP contribution in [0.5, 0.6) is 0 Å². The van der Waals surface area contributed by atoms with E-state index in [-0.39, 0.29) is 24.0 Å². The van der Waals surface area contributed by atoms with Gasteiger partial charge in [0.1, 0.15) is 16.5 Å². The number of carbonyl (C=O) groups excluding carboxylic acids is 3. The monoisotopic (exact) mass is 630 g/mol. The number of nitrogens with one attached hydrogen (secondary N) is 3. The summed E-state index contributed by atoms with van der Waals surface area (Å²) in [5.74, 6) is -0.388. The number of anilines is 1. The van der Waals surface area contributed by atoms with E-state index in [0.29, 0.717) is 35.2 Å². The van der Waals surface area contributed by atoms with Gasteiger partial charge in [-0.1, -0.05) is 39.7 Å². The second-order valence-electron chi connectivity index (χ2n) is 11.6. The van der Waals surface area contributed by atoms with Gasteiger partial charge in [0.05, 0.1) is 5.52 Å². The molecule has 0 radical (unpaired) electrons. The Morgan fingerprint density at radius 1 is 1.12 bits per heavy atom. The molecule has 8 nitrogen and oxygen atoms in total. The van der Waals surface area contributed by atoms with Gasteiger partial charge in [0, 0.05) is 40.3 Å². The van der Waals surface area contributed by atoms with Crippen LogP contribution in [0.2, 0.25) is 5.15 Å². The zero-order chi connectivity index (χ0) is 28.9. The number of ketones is 1. The number of alkyl carbamates (subject to hydrolysis) is 1. The molecule has 2 amide bonds. The molecule has 2 aromatic carbocycles. The first kappa shape index (κ1) is 30.1. The average molecular weight is 632 g/mol. The van der Waals surface area contributed by atoms with Crippen molar-refractivity contribution in [2.45, 2.75) is 64.9 Å². The van der Waals surface area contributed by atoms with Gasteiger partial charge in [-0.05, 0) is 94.7 Å². The third kappa shape index (κ3) is 8.54. The number of hydrogen-bond donors (Lipinski definition) is 3. The van der Waals surface area contributed by atoms with E-state index in [0.717, 1.165) is 41.1 Å². The van der Waals surface area contributed by atoms with Crippen LogP contribution in [-0.2, 0) is 20.7 Å². The van der Waals surface area contributed by atoms with E-state index in [1.54, 1.807) is 18.2 Å². The van der Waals surface area contributed by atoms with Gasteiger partial charge in [0.15, 0.2) is 0 Å². The van der Waals surface area contributed by atoms with E-state index in [9.17, 15) is 14.4 Å². The highest BCUT2D eigenvalue weighted by Crippen LogP contribution is 2.32. The summed E-state index contributed by atoms with van der Waals surface area (Å²) >= 11 is 9.61. The van der Waals surface area contributed by atoms with Gasteiger partial charge >= 0.3 is 6.09 Å². The Morgan fingerprint density at radius 3 is 2.58 bits per heavy atom. The molecule has 0 bridgehead atoms. The third-order valence-electron chi connectivity index (χ3n) is 7.20. The van der Waals surface area contributed by atoms with Crippen LogP contribution in [0, 0.1) is 17.8 Å². The Labute approximate surface area is 248 Å². The number of carbonyl (C=O) groups is 3. The van der Waals surface area contributed by atoms with E-state index < -0.39 is 17.6 Å². The van der Waals surface area contributed by atoms with E-state index in [1.165, 1.54) is 0 Å². The van der Waals surface area contributed by atoms with Crippen LogP contribution in [0.15, 0.2) is 46.9 Å². The first-order chi connectivity index (χ1) is 19.0. The molecule has 4 rings (SSSR count). The smallest absolute Gasteiger partial charge is 0.407 e. The molecule has 0 aliphatic heterocycles. The SMILES string of the molecule is CC(C)(C)OC(=O)NCC1CCC(C(=O)C[C@@H](Cc2cccc(Br)c2)C(=O)Nc2ccc3c(Cl)[nH]nc3c2)CC1. The molecule has 10 heteroatoms. The molecule has 1 heterocycles. The van der Waals surface area contributed by atoms with Crippen molar-refractivity contribution < 1.29 is 19.1 Å². The summed E-state index contributed by atoms with van der Waals surface area (Å²) < 4.78 is 6.24. The summed E-state index contributed by atoms with van der Waals surface area (Å²) in [5.41, 5.74) is 1.70. The summed E-state index contributed by atoms with van der Waals surface area (Å²) in [5, 5.41) is 14.0. The lowest BCUT2D eigenvalue weighted by atomic mass is 9.77. The lowest BCUT2D eigenvalue weighted by Crippen LogP contribution is -2.37. The molecule has 3 aromatic rings. The molecule has 0 unspecified atom stereocenters. The van der Waals surface area contributed by atoms with Crippen LogP contribution >= 0.6 is 27.5 Å². The fourth-order valence-corrected chi connectivity index (χ4v) is 5.80. The van der Waals surface area contributed by atoms with Gasteiger partial charge in [-0.15, -0.1) is 0 Å². The number of H-pyrrole nitrogens is 1. The van der Waals surface area contributed by atoms with Crippen molar-refractivity contribution in [3.05, 3.63) is 57.7 Å². The minimum atomic E-state index is -0.535. The Hall–Kier alpha value is -2.91. The van der Waals surface area contributed by atoms with Crippen LogP contribution in [0.4, 0.5) is 10.5 Å². The number of nitrogens with zero attached hydrogens (tertiary/aromatic N) is 1. The molecule has 1 aliphatic rings. The number of halogens is 2. The lowest BCUT2D eigenvalue weighted by Gasteiger charge is -2.29. The molecule has 40 heavy (non-hydrogen) atoms. The molecule has 1 aromatic heterocycles. The van der Waals surface area contributed by atoms with Crippen LogP contribution in [0.3, 0.4) is 0 Å². The number of aromatic amines is 1. The maximum atomic E-state index is 13.5. The zero-order valence-electron chi connectivity index (χ0n) is 23.1. The number of Topliss-reactive ketones (excluding diaryl/α,β-unsaturated/α-hetero) is 1. The summed E-state index contributed by atoms with van der Waals surface area (Å²) in [6, 6.07) is 13.2. The Balaban J connectivity index is 1.37. The average Bonchev–Trinajstić information content (AvgIpc) is 3.26. The predicted molar refractivity (Wildman–Crippen MR) is 160 cm³/mol. The van der Waals surface area contributed by atoms with E-state index in [2.05, 4.69) is 36.8 Å². The molecular weight excluding hydrogens is 596 g/mol. The summed E-state index contributed by atoms with van der Waals surface area (Å²) in [6.07, 6.45) is 3.40. The Kier molecular flexibility index (Phi) is 9.90. The van der Waals surface area contributed by atoms with Crippen LogP contribution in [0.25, 0.3) is 10.9 Å². The number of aromatic nitrogens is 2. The van der Waals surface area contributed by atoms with Gasteiger partial charge in [-0.25, -0.2) is 4.79 Å². The predicted octanol–water partition coefficient (Wildman–Crippen LogP) is 7.07. The Bertz CT molecular complexity index is 1360. The van der Waals surface area contributed by atoms with Crippen molar-refractivity contribution in [2.24, 2.45) is 17.8 Å². The molecule has 1 aliphatic carbocycles. The summed E-state index contributed by atoms with van der Waals surface area (Å²) in [4.78, 5) is 38.9. The highest BCUT2D eigenvalue weighted by molar-refractivity contribution is 9.10. The topological polar surface area (TPSA) is 113 Å². The van der Waals surface area contributed by atoms with Gasteiger partial charge in [0.2, 0.25) is 5.91 Å². The lowest BCUT2D eigenvalue weighted by molar-refractivity contribution is -0.129. The van der Waals surface area contributed by atoms with Gasteiger partial charge in [-0.3, -0.25) is 14.7 Å². The fraction of sp³-hybridized carbons (Fsp3) is 0.467. The van der Waals surface area contributed by atoms with Crippen LogP contribution in [0.1, 0.15) is 58.4 Å². The van der Waals surface area contributed by atoms with E-state index in [1.807, 2.05) is 45.0 Å². The zero-order valence-corrected chi connectivity index (χ0v) is 25.4. The maximum Gasteiger partial charge on any atom is 0.407 e. The maximum absolute atomic E-state index is 13.5. The molecule has 0 saturated heterocycles. The molecular formula is C30H36BrClN4O4. The molecule has 1 fully saturated rings. The quantitative estimate of drug-likeness (QED) is 0.234. The summed E-state index contributed by atoms with van der Waals surface area (Å²) in [7, 11) is 0. The number of benzene rings is 2. The summed E-state index contributed by atoms with van der Waals surface area (Å²) in [6.45, 7) is 6.04. The number of ether oxygens (including phenoxy) is 1. The van der Waals surface area contributed by atoms with Crippen molar-refractivity contribution in [3.63, 3.8) is 0 Å². The number of rotatable bonds is 9. The number of fused-ring (bicyclic) bond motifs is 1. The molecule has 1 atom stereocenters. The van der Waals surface area contributed by atoms with Crippen molar-refractivity contribution in [3.8, 4) is 0 Å². The highest BCUT2D eigenvalue weighted by Gasteiger charge is 2.31. The second kappa shape index (κ2) is 13.2. The normalized spacial score (nSPS) is 18.2. The Morgan fingerprint density at radius 2 is 1.88 bits per heavy atom. The van der Waals surface area contributed by atoms with Crippen molar-refractivity contribution in [1.82, 2.24) is 15.5 Å². The highest BCUT2D eigenvalue weighted by atomic mass is 79.9. The van der Waals surface area contributed by atoms with Gasteiger partial charge in [0.25, 0.3) is 0 Å². The minimum Gasteiger partial charge on any atom is -0.444 e. The first-order valence-corrected chi connectivity index (χ1v) is 14.8. The second-order valence-corrected chi connectivity index (χ2v) is 12.9. The van der Waals surface area contributed by atoms with Crippen molar-refractivity contribution >= 4 is 61.9 Å². The van der Waals surface area contributed by atoms with Gasteiger partial charge < -0.3 is 15.4 Å². The van der Waals surface area contributed by atoms with Gasteiger partial charge in [-0.2, -0.15) is 5.10 Å². The molecule has 214 valence electrons. The van der Waals surface area contributed by atoms with Crippen molar-refractivity contribution in [1.29, 1.82) is 0 Å². The fourth-order valence-electron chi connectivity index (χ4n) is 5.15. The molecule has 0 spiro atoms.